The number of nitrogens with one attached hydrogen (secondary N) is 1. The molecule has 4 aromatic rings. The first-order valence-corrected chi connectivity index (χ1v) is 12.3. The molecule has 0 aliphatic carbocycles. The van der Waals surface area contributed by atoms with Crippen LogP contribution in [0.15, 0.2) is 83.7 Å². The van der Waals surface area contributed by atoms with E-state index in [0.29, 0.717) is 30.3 Å². The van der Waals surface area contributed by atoms with E-state index < -0.39 is 0 Å². The summed E-state index contributed by atoms with van der Waals surface area (Å²) in [6.07, 6.45) is 1.64. The maximum atomic E-state index is 13.2. The molecule has 5 rings (SSSR count). The minimum Gasteiger partial charge on any atom is -0.354 e. The highest BCUT2D eigenvalue weighted by molar-refractivity contribution is 5.79. The Balaban J connectivity index is 1.17. The highest BCUT2D eigenvalue weighted by Gasteiger charge is 2.26. The summed E-state index contributed by atoms with van der Waals surface area (Å²) in [5.74, 6) is 0.173. The highest BCUT2D eigenvalue weighted by Crippen LogP contribution is 2.23. The van der Waals surface area contributed by atoms with Gasteiger partial charge in [0.15, 0.2) is 5.82 Å². The molecule has 2 aromatic heterocycles. The third kappa shape index (κ3) is 5.88. The number of aromatic nitrogens is 4. The van der Waals surface area contributed by atoms with Crippen LogP contribution in [-0.2, 0) is 11.3 Å². The number of rotatable bonds is 7. The number of piperidine rings is 1. The molecule has 1 fully saturated rings. The van der Waals surface area contributed by atoms with Crippen molar-refractivity contribution >= 4 is 11.7 Å². The highest BCUT2D eigenvalue weighted by atomic mass is 19.1. The summed E-state index contributed by atoms with van der Waals surface area (Å²) in [6, 6.07) is 22.7. The van der Waals surface area contributed by atoms with Gasteiger partial charge in [0.05, 0.1) is 23.9 Å². The third-order valence-corrected chi connectivity index (χ3v) is 6.47. The average Bonchev–Trinajstić information content (AvgIpc) is 2.95. The van der Waals surface area contributed by atoms with Gasteiger partial charge in [0.1, 0.15) is 5.82 Å². The summed E-state index contributed by atoms with van der Waals surface area (Å²) in [7, 11) is 0. The number of amides is 1. The number of benzene rings is 2. The summed E-state index contributed by atoms with van der Waals surface area (Å²) in [5.41, 5.74) is 2.88. The van der Waals surface area contributed by atoms with E-state index in [-0.39, 0.29) is 29.7 Å². The Kier molecular flexibility index (Phi) is 7.30. The van der Waals surface area contributed by atoms with Crippen molar-refractivity contribution in [2.45, 2.75) is 19.4 Å². The zero-order valence-electron chi connectivity index (χ0n) is 20.3. The quantitative estimate of drug-likeness (QED) is 0.419. The van der Waals surface area contributed by atoms with E-state index in [1.165, 1.54) is 22.9 Å². The van der Waals surface area contributed by atoms with Crippen molar-refractivity contribution in [2.24, 2.45) is 5.92 Å². The van der Waals surface area contributed by atoms with Crippen LogP contribution >= 0.6 is 0 Å². The van der Waals surface area contributed by atoms with Gasteiger partial charge >= 0.3 is 0 Å². The molecule has 1 unspecified atom stereocenters. The van der Waals surface area contributed by atoms with E-state index in [1.807, 2.05) is 42.5 Å². The maximum Gasteiger partial charge on any atom is 0.266 e. The number of anilines is 1. The minimum atomic E-state index is -0.296. The Morgan fingerprint density at radius 1 is 0.919 bits per heavy atom. The molecule has 0 saturated carbocycles. The number of hydrogen-bond donors (Lipinski definition) is 1. The minimum absolute atomic E-state index is 0.0483. The monoisotopic (exact) mass is 498 g/mol. The largest absolute Gasteiger partial charge is 0.354 e. The molecule has 1 saturated heterocycles. The predicted octanol–water partition coefficient (Wildman–Crippen LogP) is 3.54. The second-order valence-electron chi connectivity index (χ2n) is 9.01. The molecule has 9 heteroatoms. The lowest BCUT2D eigenvalue weighted by Crippen LogP contribution is -2.44. The average molecular weight is 499 g/mol. The first-order chi connectivity index (χ1) is 18.1. The van der Waals surface area contributed by atoms with Crippen LogP contribution in [0.3, 0.4) is 0 Å². The second kappa shape index (κ2) is 11.1. The smallest absolute Gasteiger partial charge is 0.266 e. The fourth-order valence-corrected chi connectivity index (χ4v) is 4.47. The lowest BCUT2D eigenvalue weighted by atomic mass is 9.97. The normalized spacial score (nSPS) is 15.4. The third-order valence-electron chi connectivity index (χ3n) is 6.47. The van der Waals surface area contributed by atoms with Crippen LogP contribution in [0.4, 0.5) is 10.2 Å². The van der Waals surface area contributed by atoms with Crippen molar-refractivity contribution in [1.29, 1.82) is 0 Å². The van der Waals surface area contributed by atoms with Gasteiger partial charge in [-0.3, -0.25) is 9.59 Å². The van der Waals surface area contributed by atoms with Gasteiger partial charge in [-0.1, -0.05) is 30.3 Å². The molecular formula is C28H27FN6O2. The fraction of sp³-hybridized carbons (Fsp3) is 0.250. The molecule has 2 aromatic carbocycles. The Morgan fingerprint density at radius 2 is 1.68 bits per heavy atom. The summed E-state index contributed by atoms with van der Waals surface area (Å²) in [6.45, 7) is 1.93. The van der Waals surface area contributed by atoms with Crippen molar-refractivity contribution in [2.75, 3.05) is 24.5 Å². The Hall–Kier alpha value is -4.40. The number of hydrogen-bond acceptors (Lipinski definition) is 6. The van der Waals surface area contributed by atoms with Crippen LogP contribution in [0.1, 0.15) is 12.8 Å². The molecule has 1 N–H and O–H groups in total. The predicted molar refractivity (Wildman–Crippen MR) is 139 cm³/mol. The number of halogens is 1. The van der Waals surface area contributed by atoms with Gasteiger partial charge in [-0.15, -0.1) is 10.2 Å². The van der Waals surface area contributed by atoms with Crippen molar-refractivity contribution in [3.05, 3.63) is 95.0 Å². The van der Waals surface area contributed by atoms with E-state index in [9.17, 15) is 14.0 Å². The summed E-state index contributed by atoms with van der Waals surface area (Å²) < 4.78 is 14.6. The van der Waals surface area contributed by atoms with Crippen LogP contribution in [0.2, 0.25) is 0 Å². The molecule has 0 bridgehead atoms. The van der Waals surface area contributed by atoms with E-state index in [2.05, 4.69) is 25.5 Å². The number of carbonyl (C=O) groups excluding carboxylic acids is 1. The molecule has 1 aliphatic heterocycles. The molecule has 188 valence electrons. The van der Waals surface area contributed by atoms with Crippen LogP contribution in [0.5, 0.6) is 0 Å². The van der Waals surface area contributed by atoms with E-state index in [1.54, 1.807) is 18.2 Å². The molecular weight excluding hydrogens is 471 g/mol. The lowest BCUT2D eigenvalue weighted by molar-refractivity contribution is -0.125. The lowest BCUT2D eigenvalue weighted by Gasteiger charge is -2.32. The van der Waals surface area contributed by atoms with Gasteiger partial charge in [-0.25, -0.2) is 9.07 Å². The first-order valence-electron chi connectivity index (χ1n) is 12.3. The molecule has 1 atom stereocenters. The standard InChI is InChI=1S/C28H27FN6O2/c29-23-10-8-21(9-11-23)24-12-14-26(32-31-24)34-17-4-7-22(19-34)28(37)30-16-18-35-27(36)15-13-25(33-35)20-5-2-1-3-6-20/h1-3,5-6,8-15,22H,4,7,16-19H2,(H,30,37). The van der Waals surface area contributed by atoms with E-state index in [0.717, 1.165) is 30.5 Å². The molecule has 8 nitrogen and oxygen atoms in total. The van der Waals surface area contributed by atoms with Gasteiger partial charge in [0, 0.05) is 36.8 Å². The van der Waals surface area contributed by atoms with Crippen LogP contribution in [0, 0.1) is 11.7 Å². The van der Waals surface area contributed by atoms with Gasteiger partial charge in [0.25, 0.3) is 5.56 Å². The van der Waals surface area contributed by atoms with E-state index in [4.69, 9.17) is 0 Å². The van der Waals surface area contributed by atoms with Crippen molar-refractivity contribution in [3.63, 3.8) is 0 Å². The second-order valence-corrected chi connectivity index (χ2v) is 9.01. The van der Waals surface area contributed by atoms with Crippen molar-refractivity contribution in [3.8, 4) is 22.5 Å². The van der Waals surface area contributed by atoms with E-state index >= 15 is 0 Å². The number of carbonyl (C=O) groups is 1. The Labute approximate surface area is 213 Å². The number of nitrogens with zero attached hydrogens (tertiary/aromatic N) is 5. The molecule has 1 aliphatic rings. The van der Waals surface area contributed by atoms with Crippen LogP contribution in [-0.4, -0.2) is 45.5 Å². The topological polar surface area (TPSA) is 93.0 Å². The van der Waals surface area contributed by atoms with Gasteiger partial charge < -0.3 is 10.2 Å². The summed E-state index contributed by atoms with van der Waals surface area (Å²) in [5, 5.41) is 16.0. The molecule has 3 heterocycles. The first kappa shape index (κ1) is 24.3. The van der Waals surface area contributed by atoms with Gasteiger partial charge in [0.2, 0.25) is 5.91 Å². The van der Waals surface area contributed by atoms with Crippen molar-refractivity contribution in [1.82, 2.24) is 25.3 Å². The van der Waals surface area contributed by atoms with Gasteiger partial charge in [-0.2, -0.15) is 5.10 Å². The Bertz CT molecular complexity index is 1410. The SMILES string of the molecule is O=C(NCCn1nc(-c2ccccc2)ccc1=O)C1CCCN(c2ccc(-c3ccc(F)cc3)nn2)C1. The zero-order chi connectivity index (χ0) is 25.6. The molecule has 0 spiro atoms. The molecule has 0 radical (unpaired) electrons. The summed E-state index contributed by atoms with van der Waals surface area (Å²) >= 11 is 0. The van der Waals surface area contributed by atoms with Gasteiger partial charge in [-0.05, 0) is 55.3 Å². The fourth-order valence-electron chi connectivity index (χ4n) is 4.47. The van der Waals surface area contributed by atoms with Crippen molar-refractivity contribution < 1.29 is 9.18 Å². The Morgan fingerprint density at radius 3 is 2.43 bits per heavy atom. The zero-order valence-corrected chi connectivity index (χ0v) is 20.3. The van der Waals surface area contributed by atoms with Crippen LogP contribution < -0.4 is 15.8 Å². The molecule has 37 heavy (non-hydrogen) atoms. The van der Waals surface area contributed by atoms with Crippen LogP contribution in [0.25, 0.3) is 22.5 Å². The summed E-state index contributed by atoms with van der Waals surface area (Å²) in [4.78, 5) is 27.2. The molecule has 1 amide bonds. The maximum absolute atomic E-state index is 13.2.